The van der Waals surface area contributed by atoms with E-state index in [0.717, 1.165) is 0 Å². The van der Waals surface area contributed by atoms with Crippen LogP contribution in [0.1, 0.15) is 12.0 Å². The normalized spacial score (nSPS) is 18.0. The van der Waals surface area contributed by atoms with Crippen LogP contribution < -0.4 is 14.4 Å². The van der Waals surface area contributed by atoms with E-state index in [4.69, 9.17) is 13.9 Å². The first kappa shape index (κ1) is 20.6. The molecule has 1 saturated heterocycles. The average molecular weight is 456 g/mol. The lowest BCUT2D eigenvalue weighted by Gasteiger charge is -2.36. The molecule has 2 aromatic carbocycles. The molecule has 1 aromatic heterocycles. The second kappa shape index (κ2) is 9.07. The highest BCUT2D eigenvalue weighted by molar-refractivity contribution is 7.99. The molecule has 10 heteroatoms. The summed E-state index contributed by atoms with van der Waals surface area (Å²) in [5, 5.41) is 8.37. The number of hydrogen-bond donors (Lipinski definition) is 0. The zero-order valence-corrected chi connectivity index (χ0v) is 18.0. The Morgan fingerprint density at radius 3 is 2.59 bits per heavy atom. The Morgan fingerprint density at radius 2 is 1.78 bits per heavy atom. The first-order valence-corrected chi connectivity index (χ1v) is 11.3. The van der Waals surface area contributed by atoms with E-state index < -0.39 is 6.10 Å². The van der Waals surface area contributed by atoms with Crippen LogP contribution in [0.4, 0.5) is 10.1 Å². The Hall–Kier alpha value is -3.27. The van der Waals surface area contributed by atoms with Gasteiger partial charge >= 0.3 is 0 Å². The number of ether oxygens (including phenoxy) is 2. The number of amides is 1. The first-order valence-electron chi connectivity index (χ1n) is 10.3. The number of fused-ring (bicyclic) bond motifs is 1. The third-order valence-electron chi connectivity index (χ3n) is 5.35. The van der Waals surface area contributed by atoms with Crippen LogP contribution in [0.3, 0.4) is 0 Å². The average Bonchev–Trinajstić information content (AvgIpc) is 3.32. The molecule has 2 aliphatic heterocycles. The number of hydrogen-bond acceptors (Lipinski definition) is 8. The standard InChI is InChI=1S/C22H21FN4O4S/c23-15-5-1-2-6-16(15)26-9-11-27(12-10-26)20(28)14-32-22-25-24-21(31-22)19-13-29-17-7-3-4-8-18(17)30-19/h1-8,19H,9-14H2. The molecule has 3 aromatic rings. The molecule has 0 spiro atoms. The minimum Gasteiger partial charge on any atom is -0.485 e. The summed E-state index contributed by atoms with van der Waals surface area (Å²) in [7, 11) is 0. The predicted octanol–water partition coefficient (Wildman–Crippen LogP) is 3.16. The largest absolute Gasteiger partial charge is 0.485 e. The van der Waals surface area contributed by atoms with E-state index in [1.807, 2.05) is 35.2 Å². The molecule has 1 fully saturated rings. The lowest BCUT2D eigenvalue weighted by atomic mass is 10.2. The van der Waals surface area contributed by atoms with E-state index >= 15 is 0 Å². The minimum atomic E-state index is -0.492. The summed E-state index contributed by atoms with van der Waals surface area (Å²) in [5.41, 5.74) is 0.573. The quantitative estimate of drug-likeness (QED) is 0.542. The fourth-order valence-electron chi connectivity index (χ4n) is 3.67. The molecule has 0 N–H and O–H groups in total. The van der Waals surface area contributed by atoms with Crippen LogP contribution in [-0.2, 0) is 4.79 Å². The highest BCUT2D eigenvalue weighted by atomic mass is 32.2. The summed E-state index contributed by atoms with van der Waals surface area (Å²) in [5.74, 6) is 1.54. The molecule has 5 rings (SSSR count). The van der Waals surface area contributed by atoms with Gasteiger partial charge < -0.3 is 23.7 Å². The van der Waals surface area contributed by atoms with E-state index in [0.29, 0.717) is 54.5 Å². The number of piperazine rings is 1. The Morgan fingerprint density at radius 1 is 1.03 bits per heavy atom. The van der Waals surface area contributed by atoms with Gasteiger partial charge in [0.2, 0.25) is 12.0 Å². The Labute approximate surface area is 188 Å². The number of halogens is 1. The van der Waals surface area contributed by atoms with Crippen molar-refractivity contribution in [2.45, 2.75) is 11.3 Å². The topological polar surface area (TPSA) is 80.9 Å². The van der Waals surface area contributed by atoms with E-state index in [-0.39, 0.29) is 24.1 Å². The van der Waals surface area contributed by atoms with Gasteiger partial charge in [-0.3, -0.25) is 4.79 Å². The number of carbonyl (C=O) groups excluding carboxylic acids is 1. The Kier molecular flexibility index (Phi) is 5.85. The van der Waals surface area contributed by atoms with Crippen molar-refractivity contribution in [3.05, 3.63) is 60.2 Å². The summed E-state index contributed by atoms with van der Waals surface area (Å²) in [4.78, 5) is 16.3. The summed E-state index contributed by atoms with van der Waals surface area (Å²) < 4.78 is 31.2. The third kappa shape index (κ3) is 4.36. The first-order chi connectivity index (χ1) is 15.7. The molecule has 0 radical (unpaired) electrons. The zero-order valence-electron chi connectivity index (χ0n) is 17.1. The van der Waals surface area contributed by atoms with Gasteiger partial charge in [0.1, 0.15) is 12.4 Å². The van der Waals surface area contributed by atoms with Crippen molar-refractivity contribution in [2.24, 2.45) is 0 Å². The van der Waals surface area contributed by atoms with Gasteiger partial charge in [0.15, 0.2) is 11.5 Å². The van der Waals surface area contributed by atoms with Crippen molar-refractivity contribution in [1.82, 2.24) is 15.1 Å². The molecule has 0 aliphatic carbocycles. The molecule has 1 amide bonds. The van der Waals surface area contributed by atoms with Crippen LogP contribution in [0.25, 0.3) is 0 Å². The molecule has 0 saturated carbocycles. The number of rotatable bonds is 5. The van der Waals surface area contributed by atoms with E-state index in [2.05, 4.69) is 10.2 Å². The molecule has 32 heavy (non-hydrogen) atoms. The molecule has 166 valence electrons. The molecular weight excluding hydrogens is 435 g/mol. The second-order valence-electron chi connectivity index (χ2n) is 7.38. The zero-order chi connectivity index (χ0) is 21.9. The van der Waals surface area contributed by atoms with Crippen molar-refractivity contribution < 1.29 is 23.1 Å². The fourth-order valence-corrected chi connectivity index (χ4v) is 4.34. The smallest absolute Gasteiger partial charge is 0.277 e. The van der Waals surface area contributed by atoms with Crippen LogP contribution in [0.5, 0.6) is 11.5 Å². The molecule has 1 atom stereocenters. The summed E-state index contributed by atoms with van der Waals surface area (Å²) in [6, 6.07) is 14.1. The van der Waals surface area contributed by atoms with Gasteiger partial charge in [-0.05, 0) is 24.3 Å². The lowest BCUT2D eigenvalue weighted by molar-refractivity contribution is -0.128. The molecule has 2 aliphatic rings. The van der Waals surface area contributed by atoms with Gasteiger partial charge in [-0.1, -0.05) is 36.0 Å². The van der Waals surface area contributed by atoms with Crippen LogP contribution in [0, 0.1) is 5.82 Å². The van der Waals surface area contributed by atoms with E-state index in [1.165, 1.54) is 17.8 Å². The predicted molar refractivity (Wildman–Crippen MR) is 116 cm³/mol. The van der Waals surface area contributed by atoms with E-state index in [9.17, 15) is 9.18 Å². The molecule has 0 bridgehead atoms. The van der Waals surface area contributed by atoms with Gasteiger partial charge in [0, 0.05) is 26.2 Å². The molecule has 1 unspecified atom stereocenters. The maximum Gasteiger partial charge on any atom is 0.277 e. The number of thioether (sulfide) groups is 1. The van der Waals surface area contributed by atoms with Crippen LogP contribution in [0.15, 0.2) is 58.2 Å². The number of nitrogens with zero attached hydrogens (tertiary/aromatic N) is 4. The maximum absolute atomic E-state index is 14.0. The Balaban J connectivity index is 1.12. The summed E-state index contributed by atoms with van der Waals surface area (Å²) in [6.07, 6.45) is -0.492. The second-order valence-corrected chi connectivity index (χ2v) is 8.30. The number of para-hydroxylation sites is 3. The summed E-state index contributed by atoms with van der Waals surface area (Å²) >= 11 is 1.19. The van der Waals surface area contributed by atoms with Gasteiger partial charge in [0.25, 0.3) is 11.1 Å². The van der Waals surface area contributed by atoms with Gasteiger partial charge in [-0.2, -0.15) is 0 Å². The number of benzene rings is 2. The van der Waals surface area contributed by atoms with Crippen molar-refractivity contribution in [3.63, 3.8) is 0 Å². The van der Waals surface area contributed by atoms with Gasteiger partial charge in [-0.25, -0.2) is 4.39 Å². The SMILES string of the molecule is O=C(CSc1nnc(C2COc3ccccc3O2)o1)N1CCN(c2ccccc2F)CC1. The highest BCUT2D eigenvalue weighted by Crippen LogP contribution is 2.36. The third-order valence-corrected chi connectivity index (χ3v) is 6.15. The number of anilines is 1. The maximum atomic E-state index is 14.0. The van der Waals surface area contributed by atoms with Crippen molar-refractivity contribution >= 4 is 23.4 Å². The van der Waals surface area contributed by atoms with Crippen molar-refractivity contribution in [2.75, 3.05) is 43.4 Å². The number of carbonyl (C=O) groups is 1. The van der Waals surface area contributed by atoms with Crippen molar-refractivity contribution in [1.29, 1.82) is 0 Å². The molecule has 3 heterocycles. The fraction of sp³-hybridized carbons (Fsp3) is 0.318. The van der Waals surface area contributed by atoms with E-state index in [1.54, 1.807) is 17.0 Å². The van der Waals surface area contributed by atoms with Gasteiger partial charge in [-0.15, -0.1) is 10.2 Å². The number of aromatic nitrogens is 2. The molecular formula is C22H21FN4O4S. The monoisotopic (exact) mass is 456 g/mol. The minimum absolute atomic E-state index is 0.0193. The summed E-state index contributed by atoms with van der Waals surface area (Å²) in [6.45, 7) is 2.52. The molecule has 8 nitrogen and oxygen atoms in total. The lowest BCUT2D eigenvalue weighted by Crippen LogP contribution is -2.49. The van der Waals surface area contributed by atoms with Gasteiger partial charge in [0.05, 0.1) is 11.4 Å². The van der Waals surface area contributed by atoms with Crippen LogP contribution in [0.2, 0.25) is 0 Å². The van der Waals surface area contributed by atoms with Crippen LogP contribution >= 0.6 is 11.8 Å². The Bertz CT molecular complexity index is 1100. The highest BCUT2D eigenvalue weighted by Gasteiger charge is 2.28. The van der Waals surface area contributed by atoms with Crippen LogP contribution in [-0.4, -0.2) is 59.5 Å². The van der Waals surface area contributed by atoms with Crippen molar-refractivity contribution in [3.8, 4) is 11.5 Å².